The van der Waals surface area contributed by atoms with Crippen molar-refractivity contribution >= 4 is 33.5 Å². The van der Waals surface area contributed by atoms with Crippen LogP contribution < -0.4 is 9.47 Å². The Hall–Kier alpha value is -1.72. The number of hydrogen-bond donors (Lipinski definition) is 1. The fraction of sp³-hybridized carbons (Fsp3) is 0.133. The lowest BCUT2D eigenvalue weighted by atomic mass is 10.2. The smallest absolute Gasteiger partial charge is 0.339 e. The molecule has 2 aromatic rings. The van der Waals surface area contributed by atoms with Gasteiger partial charge in [-0.2, -0.15) is 0 Å². The summed E-state index contributed by atoms with van der Waals surface area (Å²) in [6.45, 7) is 0.193. The number of carboxylic acid groups (broad SMARTS) is 1. The maximum Gasteiger partial charge on any atom is 0.339 e. The number of carbonyl (C=O) groups is 1. The molecule has 0 spiro atoms. The molecule has 6 heteroatoms. The molecule has 21 heavy (non-hydrogen) atoms. The summed E-state index contributed by atoms with van der Waals surface area (Å²) in [4.78, 5) is 11.3. The molecule has 0 aliphatic rings. The summed E-state index contributed by atoms with van der Waals surface area (Å²) in [6, 6.07) is 10.3. The van der Waals surface area contributed by atoms with E-state index in [0.29, 0.717) is 15.2 Å². The van der Waals surface area contributed by atoms with Crippen LogP contribution in [-0.4, -0.2) is 18.2 Å². The van der Waals surface area contributed by atoms with E-state index in [4.69, 9.17) is 21.1 Å². The van der Waals surface area contributed by atoms with Crippen molar-refractivity contribution in [1.82, 2.24) is 0 Å². The van der Waals surface area contributed by atoms with E-state index in [-0.39, 0.29) is 17.9 Å². The first-order valence-corrected chi connectivity index (χ1v) is 7.16. The van der Waals surface area contributed by atoms with Gasteiger partial charge in [0.1, 0.15) is 12.2 Å². The first-order chi connectivity index (χ1) is 10.0. The van der Waals surface area contributed by atoms with Gasteiger partial charge < -0.3 is 14.6 Å². The Morgan fingerprint density at radius 1 is 1.33 bits per heavy atom. The Labute approximate surface area is 135 Å². The van der Waals surface area contributed by atoms with E-state index in [1.165, 1.54) is 13.2 Å². The molecule has 0 radical (unpaired) electrons. The van der Waals surface area contributed by atoms with Crippen molar-refractivity contribution in [3.05, 3.63) is 57.0 Å². The van der Waals surface area contributed by atoms with Crippen molar-refractivity contribution in [2.45, 2.75) is 6.61 Å². The number of carboxylic acids is 1. The van der Waals surface area contributed by atoms with Crippen molar-refractivity contribution in [2.24, 2.45) is 0 Å². The first-order valence-electron chi connectivity index (χ1n) is 5.99. The molecule has 0 fully saturated rings. The summed E-state index contributed by atoms with van der Waals surface area (Å²) < 4.78 is 11.4. The number of rotatable bonds is 5. The van der Waals surface area contributed by atoms with Gasteiger partial charge >= 0.3 is 5.97 Å². The van der Waals surface area contributed by atoms with Gasteiger partial charge in [0.2, 0.25) is 0 Å². The zero-order chi connectivity index (χ0) is 15.4. The minimum atomic E-state index is -1.09. The van der Waals surface area contributed by atoms with Crippen LogP contribution in [0.5, 0.6) is 11.5 Å². The highest BCUT2D eigenvalue weighted by molar-refractivity contribution is 9.10. The lowest BCUT2D eigenvalue weighted by Crippen LogP contribution is -2.05. The molecule has 0 amide bonds. The van der Waals surface area contributed by atoms with Gasteiger partial charge in [-0.3, -0.25) is 0 Å². The number of aromatic carboxylic acids is 1. The van der Waals surface area contributed by atoms with E-state index >= 15 is 0 Å². The third-order valence-corrected chi connectivity index (χ3v) is 3.44. The fourth-order valence-corrected chi connectivity index (χ4v) is 2.46. The molecule has 0 unspecified atom stereocenters. The molecular formula is C15H12BrClO4. The molecule has 0 aliphatic heterocycles. The number of halogens is 2. The van der Waals surface area contributed by atoms with E-state index in [2.05, 4.69) is 15.9 Å². The van der Waals surface area contributed by atoms with Crippen molar-refractivity contribution < 1.29 is 19.4 Å². The van der Waals surface area contributed by atoms with E-state index in [0.717, 1.165) is 5.56 Å². The summed E-state index contributed by atoms with van der Waals surface area (Å²) in [6.07, 6.45) is 0. The van der Waals surface area contributed by atoms with Gasteiger partial charge in [-0.15, -0.1) is 0 Å². The first kappa shape index (κ1) is 15.7. The van der Waals surface area contributed by atoms with E-state index in [1.807, 2.05) is 6.07 Å². The van der Waals surface area contributed by atoms with Crippen LogP contribution in [0, 0.1) is 0 Å². The molecular weight excluding hydrogens is 360 g/mol. The highest BCUT2D eigenvalue weighted by Gasteiger charge is 2.18. The van der Waals surface area contributed by atoms with Gasteiger partial charge in [0.25, 0.3) is 0 Å². The summed E-state index contributed by atoms with van der Waals surface area (Å²) in [7, 11) is 1.46. The maximum absolute atomic E-state index is 11.3. The lowest BCUT2D eigenvalue weighted by molar-refractivity contribution is 0.0690. The minimum Gasteiger partial charge on any atom is -0.493 e. The maximum atomic E-state index is 11.3. The number of ether oxygens (including phenoxy) is 2. The summed E-state index contributed by atoms with van der Waals surface area (Å²) in [5, 5.41) is 9.87. The van der Waals surface area contributed by atoms with E-state index in [9.17, 15) is 9.90 Å². The molecule has 0 bridgehead atoms. The van der Waals surface area contributed by atoms with Crippen LogP contribution in [-0.2, 0) is 6.61 Å². The second-order valence-corrected chi connectivity index (χ2v) is 5.56. The van der Waals surface area contributed by atoms with Crippen LogP contribution in [0.3, 0.4) is 0 Å². The van der Waals surface area contributed by atoms with Crippen LogP contribution in [0.2, 0.25) is 5.02 Å². The molecule has 0 saturated carbocycles. The largest absolute Gasteiger partial charge is 0.493 e. The summed E-state index contributed by atoms with van der Waals surface area (Å²) >= 11 is 9.15. The molecule has 0 aliphatic carbocycles. The van der Waals surface area contributed by atoms with Gasteiger partial charge in [0, 0.05) is 9.50 Å². The van der Waals surface area contributed by atoms with Gasteiger partial charge in [0.15, 0.2) is 11.5 Å². The zero-order valence-corrected chi connectivity index (χ0v) is 13.4. The topological polar surface area (TPSA) is 55.8 Å². The van der Waals surface area contributed by atoms with Crippen molar-refractivity contribution in [2.75, 3.05) is 7.11 Å². The molecule has 0 atom stereocenters. The molecule has 2 aromatic carbocycles. The predicted molar refractivity (Wildman–Crippen MR) is 83.4 cm³/mol. The SMILES string of the molecule is COc1cc(Br)cc(C(=O)O)c1OCc1cccc(Cl)c1. The highest BCUT2D eigenvalue weighted by atomic mass is 79.9. The fourth-order valence-electron chi connectivity index (χ4n) is 1.81. The molecule has 0 saturated heterocycles. The zero-order valence-electron chi connectivity index (χ0n) is 11.1. The molecule has 2 rings (SSSR count). The van der Waals surface area contributed by atoms with Gasteiger partial charge in [-0.1, -0.05) is 39.7 Å². The Balaban J connectivity index is 2.32. The number of methoxy groups -OCH3 is 1. The molecule has 0 heterocycles. The predicted octanol–water partition coefficient (Wildman–Crippen LogP) is 4.39. The average molecular weight is 372 g/mol. The van der Waals surface area contributed by atoms with Gasteiger partial charge in [-0.05, 0) is 29.8 Å². The molecule has 1 N–H and O–H groups in total. The molecule has 110 valence electrons. The van der Waals surface area contributed by atoms with Crippen LogP contribution in [0.15, 0.2) is 40.9 Å². The Morgan fingerprint density at radius 2 is 2.10 bits per heavy atom. The van der Waals surface area contributed by atoms with Crippen LogP contribution in [0.25, 0.3) is 0 Å². The minimum absolute atomic E-state index is 0.0308. The van der Waals surface area contributed by atoms with Crippen LogP contribution in [0.4, 0.5) is 0 Å². The quantitative estimate of drug-likeness (QED) is 0.847. The van der Waals surface area contributed by atoms with Crippen LogP contribution >= 0.6 is 27.5 Å². The molecule has 0 aromatic heterocycles. The van der Waals surface area contributed by atoms with Crippen molar-refractivity contribution in [3.8, 4) is 11.5 Å². The third-order valence-electron chi connectivity index (χ3n) is 2.74. The van der Waals surface area contributed by atoms with E-state index < -0.39 is 5.97 Å². The Kier molecular flexibility index (Phi) is 5.09. The Bertz CT molecular complexity index is 673. The lowest BCUT2D eigenvalue weighted by Gasteiger charge is -2.14. The summed E-state index contributed by atoms with van der Waals surface area (Å²) in [5.41, 5.74) is 0.868. The third kappa shape index (κ3) is 3.89. The number of benzene rings is 2. The Morgan fingerprint density at radius 3 is 2.71 bits per heavy atom. The number of hydrogen-bond acceptors (Lipinski definition) is 3. The van der Waals surface area contributed by atoms with Gasteiger partial charge in [0.05, 0.1) is 7.11 Å². The second kappa shape index (κ2) is 6.83. The van der Waals surface area contributed by atoms with Gasteiger partial charge in [-0.25, -0.2) is 4.79 Å². The second-order valence-electron chi connectivity index (χ2n) is 4.21. The van der Waals surface area contributed by atoms with Crippen molar-refractivity contribution in [3.63, 3.8) is 0 Å². The van der Waals surface area contributed by atoms with Crippen molar-refractivity contribution in [1.29, 1.82) is 0 Å². The van der Waals surface area contributed by atoms with Crippen LogP contribution in [0.1, 0.15) is 15.9 Å². The normalized spacial score (nSPS) is 10.2. The molecule has 4 nitrogen and oxygen atoms in total. The monoisotopic (exact) mass is 370 g/mol. The average Bonchev–Trinajstić information content (AvgIpc) is 2.45. The summed E-state index contributed by atoms with van der Waals surface area (Å²) in [5.74, 6) is -0.548. The standard InChI is InChI=1S/C15H12BrClO4/c1-20-13-7-10(16)6-12(15(18)19)14(13)21-8-9-3-2-4-11(17)5-9/h2-7H,8H2,1H3,(H,18,19). The van der Waals surface area contributed by atoms with E-state index in [1.54, 1.807) is 24.3 Å². The highest BCUT2D eigenvalue weighted by Crippen LogP contribution is 2.35.